The van der Waals surface area contributed by atoms with Gasteiger partial charge in [0.2, 0.25) is 5.76 Å². The number of ether oxygens (including phenoxy) is 3. The van der Waals surface area contributed by atoms with Crippen molar-refractivity contribution in [1.82, 2.24) is 0 Å². The minimum atomic E-state index is -0.449. The molecule has 0 radical (unpaired) electrons. The van der Waals surface area contributed by atoms with Gasteiger partial charge in [-0.15, -0.1) is 0 Å². The third-order valence-corrected chi connectivity index (χ3v) is 1.43. The van der Waals surface area contributed by atoms with E-state index >= 15 is 0 Å². The molecule has 1 rings (SSSR count). The predicted molar refractivity (Wildman–Crippen MR) is 41.2 cm³/mol. The van der Waals surface area contributed by atoms with Gasteiger partial charge in [0, 0.05) is 0 Å². The van der Waals surface area contributed by atoms with E-state index in [2.05, 4.69) is 0 Å². The molecule has 1 aliphatic heterocycles. The SMILES string of the molecule is CCOC(=O)C1=C(C)OCCO1. The molecule has 1 heterocycles. The second kappa shape index (κ2) is 3.99. The average molecular weight is 172 g/mol. The molecule has 0 saturated carbocycles. The summed E-state index contributed by atoms with van der Waals surface area (Å²) in [5.41, 5.74) is 0. The minimum absolute atomic E-state index is 0.197. The lowest BCUT2D eigenvalue weighted by Crippen LogP contribution is -2.20. The summed E-state index contributed by atoms with van der Waals surface area (Å²) in [5.74, 6) is 0.248. The third kappa shape index (κ3) is 1.90. The zero-order valence-electron chi connectivity index (χ0n) is 7.25. The van der Waals surface area contributed by atoms with Crippen molar-refractivity contribution in [3.05, 3.63) is 11.5 Å². The number of esters is 1. The molecule has 0 atom stereocenters. The van der Waals surface area contributed by atoms with Gasteiger partial charge in [-0.25, -0.2) is 4.79 Å². The van der Waals surface area contributed by atoms with Gasteiger partial charge in [-0.3, -0.25) is 0 Å². The van der Waals surface area contributed by atoms with Crippen LogP contribution in [-0.2, 0) is 19.0 Å². The van der Waals surface area contributed by atoms with Gasteiger partial charge in [-0.2, -0.15) is 0 Å². The molecule has 0 aromatic rings. The molecule has 68 valence electrons. The van der Waals surface area contributed by atoms with Crippen LogP contribution in [0.3, 0.4) is 0 Å². The van der Waals surface area contributed by atoms with Crippen molar-refractivity contribution >= 4 is 5.97 Å². The van der Waals surface area contributed by atoms with Crippen LogP contribution in [-0.4, -0.2) is 25.8 Å². The predicted octanol–water partition coefficient (Wildman–Crippen LogP) is 0.828. The molecule has 0 unspecified atom stereocenters. The summed E-state index contributed by atoms with van der Waals surface area (Å²) in [6.45, 7) is 4.68. The Morgan fingerprint density at radius 3 is 2.75 bits per heavy atom. The van der Waals surface area contributed by atoms with E-state index in [1.165, 1.54) is 0 Å². The molecule has 0 aromatic carbocycles. The minimum Gasteiger partial charge on any atom is -0.491 e. The van der Waals surface area contributed by atoms with Crippen molar-refractivity contribution in [1.29, 1.82) is 0 Å². The maximum absolute atomic E-state index is 11.1. The summed E-state index contributed by atoms with van der Waals surface area (Å²) >= 11 is 0. The highest BCUT2D eigenvalue weighted by molar-refractivity contribution is 5.86. The molecule has 0 N–H and O–H groups in total. The maximum atomic E-state index is 11.1. The van der Waals surface area contributed by atoms with E-state index < -0.39 is 5.97 Å². The highest BCUT2D eigenvalue weighted by Gasteiger charge is 2.20. The van der Waals surface area contributed by atoms with Crippen LogP contribution < -0.4 is 0 Å². The zero-order chi connectivity index (χ0) is 8.97. The van der Waals surface area contributed by atoms with E-state index in [-0.39, 0.29) is 5.76 Å². The van der Waals surface area contributed by atoms with E-state index in [1.54, 1.807) is 13.8 Å². The molecule has 0 saturated heterocycles. The van der Waals surface area contributed by atoms with Crippen LogP contribution in [0.1, 0.15) is 13.8 Å². The molecule has 0 fully saturated rings. The highest BCUT2D eigenvalue weighted by atomic mass is 16.6. The van der Waals surface area contributed by atoms with E-state index in [4.69, 9.17) is 14.2 Å². The Kier molecular flexibility index (Phi) is 2.96. The topological polar surface area (TPSA) is 44.8 Å². The van der Waals surface area contributed by atoms with Crippen LogP contribution in [0.25, 0.3) is 0 Å². The van der Waals surface area contributed by atoms with Crippen LogP contribution in [0.4, 0.5) is 0 Å². The fraction of sp³-hybridized carbons (Fsp3) is 0.625. The fourth-order valence-corrected chi connectivity index (χ4v) is 0.905. The second-order valence-electron chi connectivity index (χ2n) is 2.30. The first-order valence-electron chi connectivity index (χ1n) is 3.89. The summed E-state index contributed by atoms with van der Waals surface area (Å²) in [7, 11) is 0. The van der Waals surface area contributed by atoms with Gasteiger partial charge in [-0.05, 0) is 13.8 Å². The molecule has 0 aromatic heterocycles. The van der Waals surface area contributed by atoms with E-state index in [1.807, 2.05) is 0 Å². The molecule has 12 heavy (non-hydrogen) atoms. The number of carbonyl (C=O) groups is 1. The van der Waals surface area contributed by atoms with E-state index in [0.717, 1.165) is 0 Å². The fourth-order valence-electron chi connectivity index (χ4n) is 0.905. The summed E-state index contributed by atoms with van der Waals surface area (Å²) in [5, 5.41) is 0. The number of allylic oxidation sites excluding steroid dienone is 1. The molecule has 1 aliphatic rings. The number of hydrogen-bond acceptors (Lipinski definition) is 4. The second-order valence-corrected chi connectivity index (χ2v) is 2.30. The van der Waals surface area contributed by atoms with Gasteiger partial charge in [0.05, 0.1) is 6.61 Å². The number of rotatable bonds is 2. The molecule has 0 aliphatic carbocycles. The van der Waals surface area contributed by atoms with Crippen molar-refractivity contribution in [2.45, 2.75) is 13.8 Å². The summed E-state index contributed by atoms with van der Waals surface area (Å²) in [6.07, 6.45) is 0. The lowest BCUT2D eigenvalue weighted by molar-refractivity contribution is -0.144. The molecule has 4 nitrogen and oxygen atoms in total. The summed E-state index contributed by atoms with van der Waals surface area (Å²) in [4.78, 5) is 11.1. The monoisotopic (exact) mass is 172 g/mol. The van der Waals surface area contributed by atoms with Gasteiger partial charge in [0.25, 0.3) is 0 Å². The smallest absolute Gasteiger partial charge is 0.377 e. The standard InChI is InChI=1S/C8H12O4/c1-3-10-8(9)7-6(2)11-4-5-12-7/h3-5H2,1-2H3. The van der Waals surface area contributed by atoms with Crippen LogP contribution in [0.5, 0.6) is 0 Å². The van der Waals surface area contributed by atoms with Crippen LogP contribution >= 0.6 is 0 Å². The van der Waals surface area contributed by atoms with Gasteiger partial charge in [0.15, 0.2) is 0 Å². The first-order chi connectivity index (χ1) is 5.75. The van der Waals surface area contributed by atoms with Crippen molar-refractivity contribution < 1.29 is 19.0 Å². The molecule has 0 spiro atoms. The number of carbonyl (C=O) groups excluding carboxylic acids is 1. The Morgan fingerprint density at radius 2 is 2.17 bits per heavy atom. The van der Waals surface area contributed by atoms with E-state index in [0.29, 0.717) is 25.6 Å². The van der Waals surface area contributed by atoms with Crippen molar-refractivity contribution in [2.24, 2.45) is 0 Å². The maximum Gasteiger partial charge on any atom is 0.377 e. The summed E-state index contributed by atoms with van der Waals surface area (Å²) in [6, 6.07) is 0. The normalized spacial score (nSPS) is 16.5. The molecular weight excluding hydrogens is 160 g/mol. The van der Waals surface area contributed by atoms with Gasteiger partial charge in [0.1, 0.15) is 19.0 Å². The van der Waals surface area contributed by atoms with Crippen molar-refractivity contribution in [2.75, 3.05) is 19.8 Å². The Hall–Kier alpha value is -1.19. The quantitative estimate of drug-likeness (QED) is 0.579. The lowest BCUT2D eigenvalue weighted by atomic mass is 10.4. The van der Waals surface area contributed by atoms with Gasteiger partial charge in [-0.1, -0.05) is 0 Å². The Morgan fingerprint density at radius 1 is 1.50 bits per heavy atom. The lowest BCUT2D eigenvalue weighted by Gasteiger charge is -2.18. The van der Waals surface area contributed by atoms with E-state index in [9.17, 15) is 4.79 Å². The van der Waals surface area contributed by atoms with Crippen LogP contribution in [0, 0.1) is 0 Å². The Labute approximate surface area is 71.1 Å². The van der Waals surface area contributed by atoms with Crippen molar-refractivity contribution in [3.8, 4) is 0 Å². The largest absolute Gasteiger partial charge is 0.491 e. The van der Waals surface area contributed by atoms with Gasteiger partial charge < -0.3 is 14.2 Å². The first kappa shape index (κ1) is 8.90. The van der Waals surface area contributed by atoms with Gasteiger partial charge >= 0.3 is 5.97 Å². The Balaban J connectivity index is 2.64. The highest BCUT2D eigenvalue weighted by Crippen LogP contribution is 2.13. The molecular formula is C8H12O4. The third-order valence-electron chi connectivity index (χ3n) is 1.43. The first-order valence-corrected chi connectivity index (χ1v) is 3.89. The molecule has 0 bridgehead atoms. The summed E-state index contributed by atoms with van der Waals surface area (Å²) < 4.78 is 14.9. The van der Waals surface area contributed by atoms with Crippen LogP contribution in [0.15, 0.2) is 11.5 Å². The van der Waals surface area contributed by atoms with Crippen LogP contribution in [0.2, 0.25) is 0 Å². The zero-order valence-corrected chi connectivity index (χ0v) is 7.25. The molecule has 4 heteroatoms. The number of hydrogen-bond donors (Lipinski definition) is 0. The Bertz CT molecular complexity index is 207. The average Bonchev–Trinajstić information content (AvgIpc) is 2.05. The molecule has 0 amide bonds. The van der Waals surface area contributed by atoms with Crippen molar-refractivity contribution in [3.63, 3.8) is 0 Å².